The number of carbonyl (C=O) groups is 1. The van der Waals surface area contributed by atoms with E-state index in [-0.39, 0.29) is 29.7 Å². The minimum atomic E-state index is -1.11. The minimum Gasteiger partial charge on any atom is -0.368 e. The maximum Gasteiger partial charge on any atom is 0.240 e. The van der Waals surface area contributed by atoms with Crippen LogP contribution in [0.5, 0.6) is 0 Å². The van der Waals surface area contributed by atoms with Crippen LogP contribution < -0.4 is 16.8 Å². The van der Waals surface area contributed by atoms with Gasteiger partial charge in [-0.1, -0.05) is 12.1 Å². The van der Waals surface area contributed by atoms with Gasteiger partial charge in [0.15, 0.2) is 17.5 Å². The zero-order chi connectivity index (χ0) is 22.1. The van der Waals surface area contributed by atoms with E-state index in [0.717, 1.165) is 17.4 Å². The highest BCUT2D eigenvalue weighted by Gasteiger charge is 2.21. The number of anilines is 2. The second-order valence-electron chi connectivity index (χ2n) is 6.88. The SMILES string of the molecule is Cc1ncc2ccc(-c3nc(N)nc(N[C@H](Cc4cccc(F)c4F)C(N)=O)n3)cn12. The summed E-state index contributed by atoms with van der Waals surface area (Å²) in [6.45, 7) is 1.86. The molecule has 1 amide bonds. The van der Waals surface area contributed by atoms with Crippen molar-refractivity contribution in [2.45, 2.75) is 19.4 Å². The first-order chi connectivity index (χ1) is 14.8. The number of halogens is 2. The molecular formula is C20H18F2N8O. The van der Waals surface area contributed by atoms with Crippen molar-refractivity contribution in [3.63, 3.8) is 0 Å². The highest BCUT2D eigenvalue weighted by atomic mass is 19.2. The molecule has 4 rings (SSSR count). The maximum atomic E-state index is 14.0. The van der Waals surface area contributed by atoms with Crippen molar-refractivity contribution in [3.8, 4) is 11.4 Å². The molecule has 1 aromatic carbocycles. The summed E-state index contributed by atoms with van der Waals surface area (Å²) in [5.41, 5.74) is 12.8. The number of carbonyl (C=O) groups excluding carboxylic acids is 1. The fourth-order valence-electron chi connectivity index (χ4n) is 3.14. The van der Waals surface area contributed by atoms with E-state index >= 15 is 0 Å². The van der Waals surface area contributed by atoms with E-state index in [4.69, 9.17) is 11.5 Å². The molecule has 11 heteroatoms. The van der Waals surface area contributed by atoms with Gasteiger partial charge < -0.3 is 21.2 Å². The van der Waals surface area contributed by atoms with Crippen LogP contribution in [0.4, 0.5) is 20.7 Å². The molecule has 0 radical (unpaired) electrons. The third-order valence-electron chi connectivity index (χ3n) is 4.73. The summed E-state index contributed by atoms with van der Waals surface area (Å²) in [6, 6.07) is 6.24. The Balaban J connectivity index is 1.65. The van der Waals surface area contributed by atoms with Gasteiger partial charge in [0.05, 0.1) is 11.7 Å². The first-order valence-electron chi connectivity index (χ1n) is 9.26. The molecule has 0 aliphatic heterocycles. The Hall–Kier alpha value is -4.15. The number of aryl methyl sites for hydroxylation is 1. The Labute approximate surface area is 175 Å². The summed E-state index contributed by atoms with van der Waals surface area (Å²) in [7, 11) is 0. The molecule has 0 bridgehead atoms. The Morgan fingerprint density at radius 1 is 1.19 bits per heavy atom. The molecule has 0 spiro atoms. The number of rotatable bonds is 6. The summed E-state index contributed by atoms with van der Waals surface area (Å²) in [6.07, 6.45) is 3.32. The number of nitrogens with zero attached hydrogens (tertiary/aromatic N) is 5. The standard InChI is InChI=1S/C20H18F2N8O/c1-10-25-8-13-6-5-12(9-30(10)13)18-27-19(24)29-20(28-18)26-15(17(23)31)7-11-3-2-4-14(21)16(11)22/h2-6,8-9,15H,7H2,1H3,(H2,23,31)(H3,24,26,27,28,29)/t15-/m1/s1. The molecule has 3 heterocycles. The van der Waals surface area contributed by atoms with Gasteiger partial charge in [-0.25, -0.2) is 13.8 Å². The molecule has 0 unspecified atom stereocenters. The summed E-state index contributed by atoms with van der Waals surface area (Å²) < 4.78 is 29.4. The fraction of sp³-hybridized carbons (Fsp3) is 0.150. The second kappa shape index (κ2) is 7.94. The van der Waals surface area contributed by atoms with Gasteiger partial charge in [-0.05, 0) is 30.7 Å². The lowest BCUT2D eigenvalue weighted by Crippen LogP contribution is -2.38. The number of fused-ring (bicyclic) bond motifs is 1. The van der Waals surface area contributed by atoms with Crippen molar-refractivity contribution in [2.75, 3.05) is 11.1 Å². The first kappa shape index (κ1) is 20.1. The number of nitrogens with two attached hydrogens (primary N) is 2. The molecule has 0 saturated carbocycles. The van der Waals surface area contributed by atoms with E-state index in [9.17, 15) is 13.6 Å². The lowest BCUT2D eigenvalue weighted by atomic mass is 10.0. The third kappa shape index (κ3) is 4.10. The molecule has 5 N–H and O–H groups in total. The molecular weight excluding hydrogens is 406 g/mol. The number of amides is 1. The Morgan fingerprint density at radius 3 is 2.77 bits per heavy atom. The van der Waals surface area contributed by atoms with Crippen molar-refractivity contribution in [1.29, 1.82) is 0 Å². The van der Waals surface area contributed by atoms with Crippen LogP contribution in [-0.4, -0.2) is 36.3 Å². The van der Waals surface area contributed by atoms with Crippen molar-refractivity contribution >= 4 is 23.3 Å². The Bertz CT molecular complexity index is 1290. The molecule has 0 fully saturated rings. The van der Waals surface area contributed by atoms with Crippen molar-refractivity contribution in [3.05, 3.63) is 65.7 Å². The number of hydrogen-bond donors (Lipinski definition) is 3. The summed E-state index contributed by atoms with van der Waals surface area (Å²) in [5, 5.41) is 2.74. The number of nitrogen functional groups attached to an aromatic ring is 1. The molecule has 3 aromatic heterocycles. The molecule has 0 saturated heterocycles. The molecule has 158 valence electrons. The van der Waals surface area contributed by atoms with Crippen LogP contribution in [0, 0.1) is 18.6 Å². The summed E-state index contributed by atoms with van der Waals surface area (Å²) in [5.74, 6) is -1.93. The number of aromatic nitrogens is 5. The predicted molar refractivity (Wildman–Crippen MR) is 110 cm³/mol. The Kier molecular flexibility index (Phi) is 5.15. The van der Waals surface area contributed by atoms with E-state index in [1.807, 2.05) is 17.4 Å². The molecule has 0 aliphatic rings. The maximum absolute atomic E-state index is 14.0. The van der Waals surface area contributed by atoms with E-state index in [1.165, 1.54) is 12.1 Å². The first-order valence-corrected chi connectivity index (χ1v) is 9.26. The van der Waals surface area contributed by atoms with Crippen LogP contribution in [0.1, 0.15) is 11.4 Å². The topological polar surface area (TPSA) is 137 Å². The normalized spacial score (nSPS) is 12.1. The summed E-state index contributed by atoms with van der Waals surface area (Å²) in [4.78, 5) is 28.6. The van der Waals surface area contributed by atoms with Crippen LogP contribution >= 0.6 is 0 Å². The van der Waals surface area contributed by atoms with Crippen molar-refractivity contribution in [2.24, 2.45) is 5.73 Å². The number of pyridine rings is 1. The average molecular weight is 424 g/mol. The number of primary amides is 1. The van der Waals surface area contributed by atoms with Gasteiger partial charge in [-0.15, -0.1) is 0 Å². The minimum absolute atomic E-state index is 0.0143. The number of imidazole rings is 1. The lowest BCUT2D eigenvalue weighted by Gasteiger charge is -2.16. The van der Waals surface area contributed by atoms with Crippen molar-refractivity contribution in [1.82, 2.24) is 24.3 Å². The van der Waals surface area contributed by atoms with E-state index in [2.05, 4.69) is 25.3 Å². The second-order valence-corrected chi connectivity index (χ2v) is 6.88. The van der Waals surface area contributed by atoms with Gasteiger partial charge in [-0.3, -0.25) is 4.79 Å². The molecule has 9 nitrogen and oxygen atoms in total. The highest BCUT2D eigenvalue weighted by Crippen LogP contribution is 2.20. The largest absolute Gasteiger partial charge is 0.368 e. The highest BCUT2D eigenvalue weighted by molar-refractivity contribution is 5.83. The van der Waals surface area contributed by atoms with E-state index in [1.54, 1.807) is 18.5 Å². The number of nitrogens with one attached hydrogen (secondary N) is 1. The van der Waals surface area contributed by atoms with Gasteiger partial charge in [-0.2, -0.15) is 15.0 Å². The lowest BCUT2D eigenvalue weighted by molar-refractivity contribution is -0.118. The average Bonchev–Trinajstić information content (AvgIpc) is 3.10. The number of hydrogen-bond acceptors (Lipinski definition) is 7. The van der Waals surface area contributed by atoms with Gasteiger partial charge in [0.2, 0.25) is 17.8 Å². The van der Waals surface area contributed by atoms with Gasteiger partial charge in [0.1, 0.15) is 11.9 Å². The monoisotopic (exact) mass is 424 g/mol. The van der Waals surface area contributed by atoms with Crippen LogP contribution in [0.3, 0.4) is 0 Å². The molecule has 31 heavy (non-hydrogen) atoms. The molecule has 4 aromatic rings. The van der Waals surface area contributed by atoms with Gasteiger partial charge in [0.25, 0.3) is 0 Å². The Morgan fingerprint density at radius 2 is 2.00 bits per heavy atom. The summed E-state index contributed by atoms with van der Waals surface area (Å²) >= 11 is 0. The van der Waals surface area contributed by atoms with Crippen molar-refractivity contribution < 1.29 is 13.6 Å². The quantitative estimate of drug-likeness (QED) is 0.430. The van der Waals surface area contributed by atoms with E-state index in [0.29, 0.717) is 5.56 Å². The van der Waals surface area contributed by atoms with Crippen LogP contribution in [0.25, 0.3) is 16.9 Å². The predicted octanol–water partition coefficient (Wildman–Crippen LogP) is 1.86. The van der Waals surface area contributed by atoms with Crippen LogP contribution in [0.15, 0.2) is 42.7 Å². The number of benzene rings is 1. The fourth-order valence-corrected chi connectivity index (χ4v) is 3.14. The van der Waals surface area contributed by atoms with Crippen LogP contribution in [0.2, 0.25) is 0 Å². The zero-order valence-corrected chi connectivity index (χ0v) is 16.4. The molecule has 0 aliphatic carbocycles. The van der Waals surface area contributed by atoms with Crippen LogP contribution in [-0.2, 0) is 11.2 Å². The third-order valence-corrected chi connectivity index (χ3v) is 4.73. The van der Waals surface area contributed by atoms with Gasteiger partial charge >= 0.3 is 0 Å². The smallest absolute Gasteiger partial charge is 0.240 e. The molecule has 1 atom stereocenters. The zero-order valence-electron chi connectivity index (χ0n) is 16.4. The van der Waals surface area contributed by atoms with E-state index < -0.39 is 23.6 Å². The van der Waals surface area contributed by atoms with Gasteiger partial charge in [0, 0.05) is 18.2 Å².